The number of hydrogen-bond acceptors (Lipinski definition) is 2. The summed E-state index contributed by atoms with van der Waals surface area (Å²) >= 11 is 0. The molecule has 1 aliphatic rings. The molecule has 0 unspecified atom stereocenters. The summed E-state index contributed by atoms with van der Waals surface area (Å²) < 4.78 is 0. The van der Waals surface area contributed by atoms with Crippen LogP contribution in [0.4, 0.5) is 0 Å². The highest BCUT2D eigenvalue weighted by Crippen LogP contribution is 2.38. The van der Waals surface area contributed by atoms with Gasteiger partial charge in [-0.3, -0.25) is 4.79 Å². The van der Waals surface area contributed by atoms with E-state index in [0.717, 1.165) is 32.0 Å². The molecule has 0 aliphatic heterocycles. The van der Waals surface area contributed by atoms with Crippen LogP contribution in [0.1, 0.15) is 31.7 Å². The van der Waals surface area contributed by atoms with Crippen molar-refractivity contribution >= 4 is 12.1 Å². The minimum atomic E-state index is -0.377. The molecule has 0 bridgehead atoms. The van der Waals surface area contributed by atoms with E-state index in [2.05, 4.69) is 0 Å². The second-order valence-corrected chi connectivity index (χ2v) is 5.22. The van der Waals surface area contributed by atoms with Gasteiger partial charge in [0.25, 0.3) is 0 Å². The lowest BCUT2D eigenvalue weighted by Crippen LogP contribution is -2.39. The van der Waals surface area contributed by atoms with Crippen LogP contribution < -0.4 is 0 Å². The van der Waals surface area contributed by atoms with E-state index in [1.54, 1.807) is 0 Å². The molecule has 1 aliphatic carbocycles. The average Bonchev–Trinajstić information content (AvgIpc) is 2.34. The van der Waals surface area contributed by atoms with Crippen molar-refractivity contribution in [1.82, 2.24) is 0 Å². The number of rotatable bonds is 3. The Balaban J connectivity index is 2.18. The lowest BCUT2D eigenvalue weighted by molar-refractivity contribution is -0.138. The van der Waals surface area contributed by atoms with E-state index in [-0.39, 0.29) is 17.1 Å². The minimum absolute atomic E-state index is 0.127. The van der Waals surface area contributed by atoms with E-state index in [1.807, 2.05) is 37.3 Å². The van der Waals surface area contributed by atoms with Crippen LogP contribution in [-0.2, 0) is 16.0 Å². The smallest absolute Gasteiger partial charge is 0.149 e. The van der Waals surface area contributed by atoms with Crippen molar-refractivity contribution in [3.63, 3.8) is 0 Å². The van der Waals surface area contributed by atoms with E-state index in [0.29, 0.717) is 0 Å². The number of hydrogen-bond donors (Lipinski definition) is 0. The summed E-state index contributed by atoms with van der Waals surface area (Å²) in [7, 11) is 0. The maximum absolute atomic E-state index is 12.3. The standard InChI is InChI=1S/C15H18O2/c1-15(10-12-6-3-2-4-7-12)9-5-8-13(11-16)14(15)17/h2-4,6-7,11,13H,5,8-10H2,1H3/t13-,15+/m1/s1. The SMILES string of the molecule is C[C@@]1(Cc2ccccc2)CCC[C@H](C=O)C1=O. The quantitative estimate of drug-likeness (QED) is 0.591. The molecule has 0 radical (unpaired) electrons. The van der Waals surface area contributed by atoms with E-state index in [1.165, 1.54) is 5.56 Å². The molecule has 1 aromatic carbocycles. The Morgan fingerprint density at radius 2 is 2.06 bits per heavy atom. The second kappa shape index (κ2) is 4.82. The van der Waals surface area contributed by atoms with E-state index >= 15 is 0 Å². The normalized spacial score (nSPS) is 29.0. The summed E-state index contributed by atoms with van der Waals surface area (Å²) in [5, 5.41) is 0. The summed E-state index contributed by atoms with van der Waals surface area (Å²) in [6, 6.07) is 10.0. The van der Waals surface area contributed by atoms with Crippen LogP contribution in [0.5, 0.6) is 0 Å². The second-order valence-electron chi connectivity index (χ2n) is 5.22. The number of carbonyl (C=O) groups excluding carboxylic acids is 2. The minimum Gasteiger partial charge on any atom is -0.303 e. The molecule has 2 atom stereocenters. The molecular weight excluding hydrogens is 212 g/mol. The largest absolute Gasteiger partial charge is 0.303 e. The molecule has 0 amide bonds. The van der Waals surface area contributed by atoms with Gasteiger partial charge in [-0.15, -0.1) is 0 Å². The molecule has 1 fully saturated rings. The van der Waals surface area contributed by atoms with Gasteiger partial charge in [0.2, 0.25) is 0 Å². The molecular formula is C15H18O2. The summed E-state index contributed by atoms with van der Waals surface area (Å²) in [5.74, 6) is -0.250. The molecule has 0 spiro atoms. The number of ketones is 1. The predicted octanol–water partition coefficient (Wildman–Crippen LogP) is 2.80. The molecule has 0 N–H and O–H groups in total. The third-order valence-corrected chi connectivity index (χ3v) is 3.78. The molecule has 1 saturated carbocycles. The van der Waals surface area contributed by atoms with Crippen molar-refractivity contribution < 1.29 is 9.59 Å². The van der Waals surface area contributed by atoms with E-state index < -0.39 is 0 Å². The van der Waals surface area contributed by atoms with Crippen molar-refractivity contribution in [1.29, 1.82) is 0 Å². The zero-order chi connectivity index (χ0) is 12.3. The Kier molecular flexibility index (Phi) is 3.41. The highest BCUT2D eigenvalue weighted by atomic mass is 16.1. The third kappa shape index (κ3) is 2.46. The molecule has 17 heavy (non-hydrogen) atoms. The third-order valence-electron chi connectivity index (χ3n) is 3.78. The van der Waals surface area contributed by atoms with Crippen molar-refractivity contribution in [3.05, 3.63) is 35.9 Å². The Bertz CT molecular complexity index is 410. The fourth-order valence-electron chi connectivity index (χ4n) is 2.77. The van der Waals surface area contributed by atoms with Crippen LogP contribution in [-0.4, -0.2) is 12.1 Å². The Hall–Kier alpha value is -1.44. The zero-order valence-electron chi connectivity index (χ0n) is 10.2. The van der Waals surface area contributed by atoms with Crippen LogP contribution in [0.15, 0.2) is 30.3 Å². The lowest BCUT2D eigenvalue weighted by Gasteiger charge is -2.34. The molecule has 90 valence electrons. The first kappa shape index (κ1) is 12.0. The van der Waals surface area contributed by atoms with Gasteiger partial charge in [0, 0.05) is 5.41 Å². The molecule has 2 nitrogen and oxygen atoms in total. The monoisotopic (exact) mass is 230 g/mol. The average molecular weight is 230 g/mol. The highest BCUT2D eigenvalue weighted by Gasteiger charge is 2.40. The van der Waals surface area contributed by atoms with Gasteiger partial charge < -0.3 is 4.79 Å². The van der Waals surface area contributed by atoms with E-state index in [4.69, 9.17) is 0 Å². The first-order valence-electron chi connectivity index (χ1n) is 6.19. The Morgan fingerprint density at radius 1 is 1.35 bits per heavy atom. The summed E-state index contributed by atoms with van der Waals surface area (Å²) in [5.41, 5.74) is 0.820. The van der Waals surface area contributed by atoms with Crippen LogP contribution >= 0.6 is 0 Å². The lowest BCUT2D eigenvalue weighted by atomic mass is 9.67. The van der Waals surface area contributed by atoms with Crippen LogP contribution in [0.25, 0.3) is 0 Å². The van der Waals surface area contributed by atoms with Crippen molar-refractivity contribution in [2.24, 2.45) is 11.3 Å². The molecule has 2 rings (SSSR count). The van der Waals surface area contributed by atoms with Crippen LogP contribution in [0, 0.1) is 11.3 Å². The molecule has 2 heteroatoms. The van der Waals surface area contributed by atoms with Crippen molar-refractivity contribution in [2.45, 2.75) is 32.6 Å². The van der Waals surface area contributed by atoms with Gasteiger partial charge in [-0.1, -0.05) is 43.7 Å². The molecule has 0 aromatic heterocycles. The number of benzene rings is 1. The zero-order valence-corrected chi connectivity index (χ0v) is 10.2. The summed E-state index contributed by atoms with van der Waals surface area (Å²) in [4.78, 5) is 23.1. The number of Topliss-reactive ketones (excluding diaryl/α,β-unsaturated/α-hetero) is 1. The van der Waals surface area contributed by atoms with Gasteiger partial charge in [0.1, 0.15) is 12.1 Å². The number of aldehydes is 1. The van der Waals surface area contributed by atoms with Gasteiger partial charge in [-0.25, -0.2) is 0 Å². The topological polar surface area (TPSA) is 34.1 Å². The first-order valence-corrected chi connectivity index (χ1v) is 6.19. The summed E-state index contributed by atoms with van der Waals surface area (Å²) in [6.07, 6.45) is 4.16. The fourth-order valence-corrected chi connectivity index (χ4v) is 2.77. The first-order chi connectivity index (χ1) is 8.15. The van der Waals surface area contributed by atoms with Gasteiger partial charge in [0.05, 0.1) is 5.92 Å². The van der Waals surface area contributed by atoms with Gasteiger partial charge in [0.15, 0.2) is 0 Å². The predicted molar refractivity (Wildman–Crippen MR) is 66.7 cm³/mol. The Labute approximate surface area is 102 Å². The number of carbonyl (C=O) groups is 2. The van der Waals surface area contributed by atoms with Crippen molar-refractivity contribution in [2.75, 3.05) is 0 Å². The van der Waals surface area contributed by atoms with Crippen LogP contribution in [0.2, 0.25) is 0 Å². The van der Waals surface area contributed by atoms with Crippen molar-refractivity contribution in [3.8, 4) is 0 Å². The van der Waals surface area contributed by atoms with Gasteiger partial charge >= 0.3 is 0 Å². The maximum atomic E-state index is 12.3. The molecule has 0 saturated heterocycles. The summed E-state index contributed by atoms with van der Waals surface area (Å²) in [6.45, 7) is 2.00. The fraction of sp³-hybridized carbons (Fsp3) is 0.467. The van der Waals surface area contributed by atoms with Gasteiger partial charge in [-0.05, 0) is 24.8 Å². The van der Waals surface area contributed by atoms with Gasteiger partial charge in [-0.2, -0.15) is 0 Å². The van der Waals surface area contributed by atoms with E-state index in [9.17, 15) is 9.59 Å². The highest BCUT2D eigenvalue weighted by molar-refractivity contribution is 5.97. The Morgan fingerprint density at radius 3 is 2.71 bits per heavy atom. The molecule has 1 aromatic rings. The maximum Gasteiger partial charge on any atom is 0.149 e. The molecule has 0 heterocycles. The van der Waals surface area contributed by atoms with Crippen LogP contribution in [0.3, 0.4) is 0 Å².